The van der Waals surface area contributed by atoms with Crippen LogP contribution in [0.15, 0.2) is 41.4 Å². The minimum atomic E-state index is -3.64. The number of nitriles is 1. The van der Waals surface area contributed by atoms with E-state index in [9.17, 15) is 13.2 Å². The SMILES string of the molecule is CC(C)N1CCN(S(=O)(=O)c2ccc(C3C(=O)Nc4ccc(C#N)cc43)nc2)CC1.Cl. The number of hydrogen-bond acceptors (Lipinski definition) is 6. The molecule has 2 aliphatic heterocycles. The molecule has 2 aliphatic rings. The van der Waals surface area contributed by atoms with Gasteiger partial charge in [-0.3, -0.25) is 14.7 Å². The van der Waals surface area contributed by atoms with Gasteiger partial charge in [-0.1, -0.05) is 0 Å². The second-order valence-electron chi connectivity index (χ2n) is 7.79. The Kier molecular flexibility index (Phi) is 6.67. The maximum atomic E-state index is 13.0. The van der Waals surface area contributed by atoms with Gasteiger partial charge in [0, 0.05) is 44.1 Å². The number of anilines is 1. The first-order valence-electron chi connectivity index (χ1n) is 9.86. The number of amides is 1. The minimum absolute atomic E-state index is 0. The zero-order valence-electron chi connectivity index (χ0n) is 17.3. The number of nitrogens with zero attached hydrogens (tertiary/aromatic N) is 4. The van der Waals surface area contributed by atoms with Crippen LogP contribution in [0.1, 0.15) is 36.6 Å². The van der Waals surface area contributed by atoms with Crippen LogP contribution in [0.5, 0.6) is 0 Å². The van der Waals surface area contributed by atoms with Gasteiger partial charge in [0.25, 0.3) is 0 Å². The molecule has 0 saturated carbocycles. The average molecular weight is 462 g/mol. The summed E-state index contributed by atoms with van der Waals surface area (Å²) >= 11 is 0. The molecule has 8 nitrogen and oxygen atoms in total. The second-order valence-corrected chi connectivity index (χ2v) is 9.73. The van der Waals surface area contributed by atoms with E-state index in [0.717, 1.165) is 0 Å². The molecular weight excluding hydrogens is 438 g/mol. The van der Waals surface area contributed by atoms with Gasteiger partial charge in [0.15, 0.2) is 0 Å². The summed E-state index contributed by atoms with van der Waals surface area (Å²) in [5.74, 6) is -0.910. The Hall–Kier alpha value is -2.51. The van der Waals surface area contributed by atoms with Gasteiger partial charge in [0.1, 0.15) is 10.8 Å². The summed E-state index contributed by atoms with van der Waals surface area (Å²) in [5.41, 5.74) is 2.22. The molecular formula is C21H24ClN5O3S. The van der Waals surface area contributed by atoms with Gasteiger partial charge in [0.05, 0.1) is 17.3 Å². The molecule has 3 heterocycles. The van der Waals surface area contributed by atoms with Crippen LogP contribution >= 0.6 is 12.4 Å². The molecule has 1 amide bonds. The molecule has 1 fully saturated rings. The van der Waals surface area contributed by atoms with E-state index in [1.807, 2.05) is 0 Å². The number of nitrogens with one attached hydrogen (secondary N) is 1. The van der Waals surface area contributed by atoms with E-state index < -0.39 is 15.9 Å². The third-order valence-corrected chi connectivity index (χ3v) is 7.59. The van der Waals surface area contributed by atoms with Crippen LogP contribution in [0.25, 0.3) is 0 Å². The third-order valence-electron chi connectivity index (χ3n) is 5.71. The number of hydrogen-bond donors (Lipinski definition) is 1. The summed E-state index contributed by atoms with van der Waals surface area (Å²) in [5, 5.41) is 11.9. The molecule has 1 N–H and O–H groups in total. The highest BCUT2D eigenvalue weighted by Crippen LogP contribution is 2.37. The van der Waals surface area contributed by atoms with Crippen molar-refractivity contribution in [2.75, 3.05) is 31.5 Å². The number of fused-ring (bicyclic) bond motifs is 1. The molecule has 4 rings (SSSR count). The first kappa shape index (κ1) is 23.2. The second kappa shape index (κ2) is 8.93. The molecule has 1 aromatic heterocycles. The van der Waals surface area contributed by atoms with Gasteiger partial charge in [-0.25, -0.2) is 8.42 Å². The molecule has 0 aliphatic carbocycles. The first-order chi connectivity index (χ1) is 14.3. The quantitative estimate of drug-likeness (QED) is 0.747. The zero-order valence-corrected chi connectivity index (χ0v) is 18.9. The van der Waals surface area contributed by atoms with Gasteiger partial charge >= 0.3 is 0 Å². The normalized spacial score (nSPS) is 19.4. The maximum Gasteiger partial charge on any atom is 0.244 e. The van der Waals surface area contributed by atoms with Crippen molar-refractivity contribution >= 4 is 34.0 Å². The number of carbonyl (C=O) groups is 1. The number of rotatable bonds is 4. The monoisotopic (exact) mass is 461 g/mol. The fraction of sp³-hybridized carbons (Fsp3) is 0.381. The molecule has 0 radical (unpaired) electrons. The van der Waals surface area contributed by atoms with Crippen LogP contribution in [0, 0.1) is 11.3 Å². The highest BCUT2D eigenvalue weighted by Gasteiger charge is 2.34. The molecule has 10 heteroatoms. The molecule has 1 saturated heterocycles. The van der Waals surface area contributed by atoms with Gasteiger partial charge in [0.2, 0.25) is 15.9 Å². The number of aromatic nitrogens is 1. The summed E-state index contributed by atoms with van der Waals surface area (Å²) in [4.78, 5) is 19.2. The van der Waals surface area contributed by atoms with Crippen molar-refractivity contribution in [2.45, 2.75) is 30.7 Å². The maximum absolute atomic E-state index is 13.0. The van der Waals surface area contributed by atoms with Crippen molar-refractivity contribution in [3.63, 3.8) is 0 Å². The standard InChI is InChI=1S/C21H23N5O3S.ClH/c1-14(2)25-7-9-26(10-8-25)30(28,29)16-4-6-19(23-13-16)20-17-11-15(12-22)3-5-18(17)24-21(20)27;/h3-6,11,13-14,20H,7-10H2,1-2H3,(H,24,27);1H. The third kappa shape index (κ3) is 4.29. The van der Waals surface area contributed by atoms with E-state index in [0.29, 0.717) is 54.7 Å². The summed E-state index contributed by atoms with van der Waals surface area (Å²) in [6.07, 6.45) is 1.32. The van der Waals surface area contributed by atoms with Crippen LogP contribution in [0.2, 0.25) is 0 Å². The van der Waals surface area contributed by atoms with Crippen LogP contribution in [-0.4, -0.2) is 60.7 Å². The number of carbonyl (C=O) groups excluding carboxylic acids is 1. The van der Waals surface area contributed by atoms with Crippen molar-refractivity contribution < 1.29 is 13.2 Å². The Morgan fingerprint density at radius 2 is 1.87 bits per heavy atom. The lowest BCUT2D eigenvalue weighted by Gasteiger charge is -2.36. The summed E-state index contributed by atoms with van der Waals surface area (Å²) in [6.45, 7) is 6.48. The molecule has 1 atom stereocenters. The Morgan fingerprint density at radius 3 is 2.45 bits per heavy atom. The number of sulfonamides is 1. The van der Waals surface area contributed by atoms with Crippen molar-refractivity contribution in [1.29, 1.82) is 5.26 Å². The highest BCUT2D eigenvalue weighted by molar-refractivity contribution is 7.89. The van der Waals surface area contributed by atoms with E-state index in [4.69, 9.17) is 5.26 Å². The topological polar surface area (TPSA) is 106 Å². The number of piperazine rings is 1. The lowest BCUT2D eigenvalue weighted by Crippen LogP contribution is -2.50. The number of pyridine rings is 1. The fourth-order valence-electron chi connectivity index (χ4n) is 3.95. The average Bonchev–Trinajstić information content (AvgIpc) is 3.08. The Morgan fingerprint density at radius 1 is 1.16 bits per heavy atom. The summed E-state index contributed by atoms with van der Waals surface area (Å²) < 4.78 is 27.5. The molecule has 31 heavy (non-hydrogen) atoms. The van der Waals surface area contributed by atoms with Gasteiger partial charge in [-0.2, -0.15) is 9.57 Å². The van der Waals surface area contributed by atoms with Crippen molar-refractivity contribution in [3.8, 4) is 6.07 Å². The summed E-state index contributed by atoms with van der Waals surface area (Å²) in [6, 6.07) is 10.5. The van der Waals surface area contributed by atoms with E-state index in [2.05, 4.69) is 35.1 Å². The van der Waals surface area contributed by atoms with Crippen molar-refractivity contribution in [2.24, 2.45) is 0 Å². The van der Waals surface area contributed by atoms with E-state index >= 15 is 0 Å². The van der Waals surface area contributed by atoms with Crippen LogP contribution in [0.3, 0.4) is 0 Å². The van der Waals surface area contributed by atoms with Gasteiger partial charge in [-0.05, 0) is 49.7 Å². The molecule has 0 spiro atoms. The predicted molar refractivity (Wildman–Crippen MR) is 119 cm³/mol. The molecule has 0 bridgehead atoms. The largest absolute Gasteiger partial charge is 0.325 e. The van der Waals surface area contributed by atoms with Crippen molar-refractivity contribution in [1.82, 2.24) is 14.2 Å². The minimum Gasteiger partial charge on any atom is -0.325 e. The number of halogens is 1. The highest BCUT2D eigenvalue weighted by atomic mass is 35.5. The van der Waals surface area contributed by atoms with E-state index in [1.165, 1.54) is 16.6 Å². The van der Waals surface area contributed by atoms with Crippen LogP contribution < -0.4 is 5.32 Å². The number of benzene rings is 1. The van der Waals surface area contributed by atoms with Crippen LogP contribution in [-0.2, 0) is 14.8 Å². The Balaban J connectivity index is 0.00000272. The van der Waals surface area contributed by atoms with Gasteiger partial charge < -0.3 is 5.32 Å². The van der Waals surface area contributed by atoms with E-state index in [-0.39, 0.29) is 23.2 Å². The van der Waals surface area contributed by atoms with Crippen LogP contribution in [0.4, 0.5) is 5.69 Å². The Bertz CT molecular complexity index is 1120. The molecule has 164 valence electrons. The van der Waals surface area contributed by atoms with Gasteiger partial charge in [-0.15, -0.1) is 12.4 Å². The Labute approximate surface area is 188 Å². The van der Waals surface area contributed by atoms with Crippen molar-refractivity contribution in [3.05, 3.63) is 53.3 Å². The smallest absolute Gasteiger partial charge is 0.244 e. The predicted octanol–water partition coefficient (Wildman–Crippen LogP) is 2.17. The molecule has 2 aromatic rings. The fourth-order valence-corrected chi connectivity index (χ4v) is 5.32. The van der Waals surface area contributed by atoms with E-state index in [1.54, 1.807) is 24.3 Å². The lowest BCUT2D eigenvalue weighted by atomic mass is 9.95. The lowest BCUT2D eigenvalue weighted by molar-refractivity contribution is -0.116. The molecule has 1 unspecified atom stereocenters. The summed E-state index contributed by atoms with van der Waals surface area (Å²) in [7, 11) is -3.64. The zero-order chi connectivity index (χ0) is 21.5. The first-order valence-corrected chi connectivity index (χ1v) is 11.3. The molecule has 1 aromatic carbocycles.